The number of piperidine rings is 1. The van der Waals surface area contributed by atoms with Gasteiger partial charge < -0.3 is 0 Å². The maximum absolute atomic E-state index is 13.3. The molecule has 2 aromatic rings. The lowest BCUT2D eigenvalue weighted by Gasteiger charge is -2.37. The third-order valence-corrected chi connectivity index (χ3v) is 8.38. The number of aromatic nitrogens is 1. The van der Waals surface area contributed by atoms with Crippen LogP contribution in [0.3, 0.4) is 0 Å². The lowest BCUT2D eigenvalue weighted by molar-refractivity contribution is 0.207. The molecular formula is C18H25N3O2S2. The van der Waals surface area contributed by atoms with Crippen LogP contribution < -0.4 is 0 Å². The first kappa shape index (κ1) is 17.4. The first-order valence-electron chi connectivity index (χ1n) is 9.07. The fourth-order valence-electron chi connectivity index (χ4n) is 4.24. The largest absolute Gasteiger partial charge is 0.282 e. The Morgan fingerprint density at radius 3 is 2.60 bits per heavy atom. The fraction of sp³-hybridized carbons (Fsp3) is 0.611. The number of nitrogens with zero attached hydrogens (tertiary/aromatic N) is 3. The molecule has 0 radical (unpaired) electrons. The average Bonchev–Trinajstić information content (AvgIpc) is 3.20. The van der Waals surface area contributed by atoms with Crippen LogP contribution >= 0.6 is 11.3 Å². The Kier molecular flexibility index (Phi) is 4.60. The molecular weight excluding hydrogens is 354 g/mol. The van der Waals surface area contributed by atoms with Crippen LogP contribution in [-0.2, 0) is 10.2 Å². The zero-order valence-corrected chi connectivity index (χ0v) is 16.4. The molecule has 2 aliphatic heterocycles. The van der Waals surface area contributed by atoms with E-state index in [0.29, 0.717) is 31.5 Å². The number of hydrogen-bond donors (Lipinski definition) is 0. The van der Waals surface area contributed by atoms with Gasteiger partial charge in [-0.3, -0.25) is 0 Å². The number of benzene rings is 1. The molecule has 2 fully saturated rings. The van der Waals surface area contributed by atoms with Crippen molar-refractivity contribution in [3.63, 3.8) is 0 Å². The SMILES string of the molecule is CC1CC(C)CN(S(=O)(=O)N2CCCC2c2nc3ccccc3s2)C1. The molecule has 3 unspecified atom stereocenters. The van der Waals surface area contributed by atoms with Gasteiger partial charge in [0.05, 0.1) is 16.3 Å². The van der Waals surface area contributed by atoms with Crippen LogP contribution in [0.1, 0.15) is 44.2 Å². The van der Waals surface area contributed by atoms with Gasteiger partial charge in [-0.2, -0.15) is 17.0 Å². The summed E-state index contributed by atoms with van der Waals surface area (Å²) < 4.78 is 31.1. The van der Waals surface area contributed by atoms with Crippen molar-refractivity contribution in [2.45, 2.75) is 39.2 Å². The molecule has 3 heterocycles. The predicted molar refractivity (Wildman–Crippen MR) is 102 cm³/mol. The average molecular weight is 380 g/mol. The normalized spacial score (nSPS) is 29.4. The van der Waals surface area contributed by atoms with Gasteiger partial charge in [0.25, 0.3) is 10.2 Å². The van der Waals surface area contributed by atoms with Gasteiger partial charge in [-0.25, -0.2) is 4.98 Å². The number of rotatable bonds is 3. The Bertz CT molecular complexity index is 821. The summed E-state index contributed by atoms with van der Waals surface area (Å²) in [5.41, 5.74) is 0.965. The first-order chi connectivity index (χ1) is 11.9. The molecule has 25 heavy (non-hydrogen) atoms. The molecule has 2 aliphatic rings. The van der Waals surface area contributed by atoms with E-state index >= 15 is 0 Å². The van der Waals surface area contributed by atoms with E-state index in [9.17, 15) is 8.42 Å². The molecule has 5 nitrogen and oxygen atoms in total. The zero-order valence-electron chi connectivity index (χ0n) is 14.8. The standard InChI is InChI=1S/C18H25N3O2S2/c1-13-10-14(2)12-20(11-13)25(22,23)21-9-5-7-16(21)18-19-15-6-3-4-8-17(15)24-18/h3-4,6,8,13-14,16H,5,7,9-12H2,1-2H3. The van der Waals surface area contributed by atoms with Crippen LogP contribution in [0, 0.1) is 11.8 Å². The van der Waals surface area contributed by atoms with Gasteiger partial charge in [0.2, 0.25) is 0 Å². The van der Waals surface area contributed by atoms with Crippen LogP contribution in [0.4, 0.5) is 0 Å². The van der Waals surface area contributed by atoms with Gasteiger partial charge >= 0.3 is 0 Å². The molecule has 1 aromatic heterocycles. The van der Waals surface area contributed by atoms with E-state index in [-0.39, 0.29) is 6.04 Å². The lowest BCUT2D eigenvalue weighted by atomic mass is 9.94. The van der Waals surface area contributed by atoms with Crippen LogP contribution in [-0.4, -0.2) is 41.6 Å². The molecule has 1 aromatic carbocycles. The lowest BCUT2D eigenvalue weighted by Crippen LogP contribution is -2.49. The Morgan fingerprint density at radius 2 is 1.88 bits per heavy atom. The third kappa shape index (κ3) is 3.23. The summed E-state index contributed by atoms with van der Waals surface area (Å²) in [4.78, 5) is 4.73. The minimum absolute atomic E-state index is 0.116. The van der Waals surface area contributed by atoms with Gasteiger partial charge in [0.15, 0.2) is 0 Å². The number of thiazole rings is 1. The van der Waals surface area contributed by atoms with E-state index in [1.54, 1.807) is 19.9 Å². The number of hydrogen-bond acceptors (Lipinski definition) is 4. The number of para-hydroxylation sites is 1. The van der Waals surface area contributed by atoms with Gasteiger partial charge in [0, 0.05) is 19.6 Å². The molecule has 4 rings (SSSR count). The second-order valence-corrected chi connectivity index (χ2v) is 10.5. The monoisotopic (exact) mass is 379 g/mol. The van der Waals surface area contributed by atoms with E-state index in [4.69, 9.17) is 4.98 Å². The molecule has 2 saturated heterocycles. The van der Waals surface area contributed by atoms with E-state index in [2.05, 4.69) is 19.9 Å². The molecule has 136 valence electrons. The van der Waals surface area contributed by atoms with Gasteiger partial charge in [-0.1, -0.05) is 26.0 Å². The van der Waals surface area contributed by atoms with Gasteiger partial charge in [0.1, 0.15) is 5.01 Å². The van der Waals surface area contributed by atoms with Crippen molar-refractivity contribution in [1.82, 2.24) is 13.6 Å². The molecule has 0 spiro atoms. The Morgan fingerprint density at radius 1 is 1.16 bits per heavy atom. The molecule has 3 atom stereocenters. The summed E-state index contributed by atoms with van der Waals surface area (Å²) in [5, 5.41) is 0.931. The van der Waals surface area contributed by atoms with Crippen molar-refractivity contribution in [2.24, 2.45) is 11.8 Å². The van der Waals surface area contributed by atoms with Crippen molar-refractivity contribution in [3.8, 4) is 0 Å². The Hall–Kier alpha value is -1.02. The summed E-state index contributed by atoms with van der Waals surface area (Å²) in [6.45, 7) is 6.16. The topological polar surface area (TPSA) is 53.5 Å². The van der Waals surface area contributed by atoms with Crippen LogP contribution in [0.2, 0.25) is 0 Å². The molecule has 0 saturated carbocycles. The van der Waals surface area contributed by atoms with Gasteiger partial charge in [-0.15, -0.1) is 11.3 Å². The highest BCUT2D eigenvalue weighted by molar-refractivity contribution is 7.86. The van der Waals surface area contributed by atoms with Gasteiger partial charge in [-0.05, 0) is 43.2 Å². The quantitative estimate of drug-likeness (QED) is 0.818. The minimum Gasteiger partial charge on any atom is -0.239 e. The molecule has 0 bridgehead atoms. The first-order valence-corrected chi connectivity index (χ1v) is 11.3. The smallest absolute Gasteiger partial charge is 0.239 e. The minimum atomic E-state index is -3.43. The number of fused-ring (bicyclic) bond motifs is 1. The Labute approximate surface area is 153 Å². The van der Waals surface area contributed by atoms with Crippen molar-refractivity contribution < 1.29 is 8.42 Å². The van der Waals surface area contributed by atoms with Crippen LogP contribution in [0.5, 0.6) is 0 Å². The maximum Gasteiger partial charge on any atom is 0.282 e. The summed E-state index contributed by atoms with van der Waals surface area (Å²) in [6, 6.07) is 7.92. The van der Waals surface area contributed by atoms with Crippen molar-refractivity contribution >= 4 is 31.8 Å². The second-order valence-electron chi connectivity index (χ2n) is 7.56. The second kappa shape index (κ2) is 6.61. The highest BCUT2D eigenvalue weighted by Crippen LogP contribution is 2.39. The molecule has 0 N–H and O–H groups in total. The summed E-state index contributed by atoms with van der Waals surface area (Å²) in [5.74, 6) is 0.837. The summed E-state index contributed by atoms with van der Waals surface area (Å²) in [7, 11) is -3.43. The highest BCUT2D eigenvalue weighted by Gasteiger charge is 2.42. The summed E-state index contributed by atoms with van der Waals surface area (Å²) >= 11 is 1.63. The third-order valence-electron chi connectivity index (χ3n) is 5.26. The fourth-order valence-corrected chi connectivity index (χ4v) is 7.49. The zero-order chi connectivity index (χ0) is 17.6. The van der Waals surface area contributed by atoms with Crippen LogP contribution in [0.15, 0.2) is 24.3 Å². The van der Waals surface area contributed by atoms with Crippen molar-refractivity contribution in [3.05, 3.63) is 29.3 Å². The van der Waals surface area contributed by atoms with Crippen molar-refractivity contribution in [2.75, 3.05) is 19.6 Å². The molecule has 0 amide bonds. The molecule has 0 aliphatic carbocycles. The van der Waals surface area contributed by atoms with E-state index in [0.717, 1.165) is 34.5 Å². The van der Waals surface area contributed by atoms with E-state index < -0.39 is 10.2 Å². The predicted octanol–water partition coefficient (Wildman–Crippen LogP) is 3.66. The maximum atomic E-state index is 13.3. The summed E-state index contributed by atoms with van der Waals surface area (Å²) in [6.07, 6.45) is 2.87. The van der Waals surface area contributed by atoms with E-state index in [1.165, 1.54) is 0 Å². The highest BCUT2D eigenvalue weighted by atomic mass is 32.2. The van der Waals surface area contributed by atoms with Crippen LogP contribution in [0.25, 0.3) is 10.2 Å². The van der Waals surface area contributed by atoms with E-state index in [1.807, 2.05) is 18.2 Å². The molecule has 7 heteroatoms. The van der Waals surface area contributed by atoms with Crippen molar-refractivity contribution in [1.29, 1.82) is 0 Å². The Balaban J connectivity index is 1.64.